The van der Waals surface area contributed by atoms with Gasteiger partial charge in [0.1, 0.15) is 12.3 Å². The monoisotopic (exact) mass is 168 g/mol. The molecule has 0 N–H and O–H groups in total. The second kappa shape index (κ2) is 3.63. The quantitative estimate of drug-likeness (QED) is 0.628. The third-order valence-electron chi connectivity index (χ3n) is 1.77. The molecule has 1 radical (unpaired) electrons. The lowest BCUT2D eigenvalue weighted by Crippen LogP contribution is -2.18. The molecule has 1 heterocycles. The maximum Gasteiger partial charge on any atom is 0.124 e. The van der Waals surface area contributed by atoms with Crippen LogP contribution in [0.2, 0.25) is 0 Å². The zero-order chi connectivity index (χ0) is 9.14. The molecule has 3 heteroatoms. The Hall–Kier alpha value is -0.960. The molecule has 0 aromatic heterocycles. The van der Waals surface area contributed by atoms with Gasteiger partial charge in [0.15, 0.2) is 0 Å². The van der Waals surface area contributed by atoms with Gasteiger partial charge in [-0.3, -0.25) is 9.90 Å². The average Bonchev–Trinajstić information content (AvgIpc) is 2.03. The highest BCUT2D eigenvalue weighted by molar-refractivity contribution is 5.34. The van der Waals surface area contributed by atoms with Gasteiger partial charge in [0, 0.05) is 11.8 Å². The number of hydroxylamine groups is 2. The van der Waals surface area contributed by atoms with E-state index in [0.717, 1.165) is 16.9 Å². The van der Waals surface area contributed by atoms with Crippen LogP contribution in [-0.2, 0) is 9.57 Å². The summed E-state index contributed by atoms with van der Waals surface area (Å²) in [6, 6.07) is 0. The molecule has 1 rings (SSSR count). The lowest BCUT2D eigenvalue weighted by atomic mass is 10.1. The van der Waals surface area contributed by atoms with Crippen molar-refractivity contribution in [3.05, 3.63) is 29.7 Å². The summed E-state index contributed by atoms with van der Waals surface area (Å²) >= 11 is 0. The predicted molar refractivity (Wildman–Crippen MR) is 46.6 cm³/mol. The minimum absolute atomic E-state index is 0.920. The fourth-order valence-electron chi connectivity index (χ4n) is 1.27. The third kappa shape index (κ3) is 1.61. The topological polar surface area (TPSA) is 21.7 Å². The molecule has 3 nitrogen and oxygen atoms in total. The second-order valence-electron chi connectivity index (χ2n) is 2.70. The molecular weight excluding hydrogens is 154 g/mol. The Balaban J connectivity index is 2.84. The second-order valence-corrected chi connectivity index (χ2v) is 2.70. The van der Waals surface area contributed by atoms with Crippen molar-refractivity contribution < 1.29 is 9.57 Å². The minimum atomic E-state index is 0.920. The van der Waals surface area contributed by atoms with Crippen molar-refractivity contribution in [2.45, 2.75) is 13.8 Å². The summed E-state index contributed by atoms with van der Waals surface area (Å²) in [4.78, 5) is 5.04. The molecule has 0 saturated carbocycles. The Morgan fingerprint density at radius 3 is 2.33 bits per heavy atom. The van der Waals surface area contributed by atoms with Crippen molar-refractivity contribution in [2.24, 2.45) is 0 Å². The highest BCUT2D eigenvalue weighted by Crippen LogP contribution is 2.24. The van der Waals surface area contributed by atoms with E-state index in [2.05, 4.69) is 0 Å². The van der Waals surface area contributed by atoms with Gasteiger partial charge in [-0.1, -0.05) is 0 Å². The number of methoxy groups -OCH3 is 1. The van der Waals surface area contributed by atoms with Crippen LogP contribution in [0.3, 0.4) is 0 Å². The maximum atomic E-state index is 5.21. The van der Waals surface area contributed by atoms with Crippen molar-refractivity contribution in [3.8, 4) is 0 Å². The van der Waals surface area contributed by atoms with Crippen molar-refractivity contribution in [1.29, 1.82) is 0 Å². The molecule has 0 aromatic rings. The lowest BCUT2D eigenvalue weighted by molar-refractivity contribution is -0.0611. The number of hydrogen-bond donors (Lipinski definition) is 0. The molecule has 12 heavy (non-hydrogen) atoms. The van der Waals surface area contributed by atoms with Crippen LogP contribution in [-0.4, -0.2) is 19.3 Å². The predicted octanol–water partition coefficient (Wildman–Crippen LogP) is 1.85. The molecule has 0 atom stereocenters. The Labute approximate surface area is 73.2 Å². The summed E-state index contributed by atoms with van der Waals surface area (Å²) in [6.45, 7) is 5.86. The fourth-order valence-corrected chi connectivity index (χ4v) is 1.27. The van der Waals surface area contributed by atoms with Crippen LogP contribution in [0.4, 0.5) is 0 Å². The Bertz CT molecular complexity index is 231. The van der Waals surface area contributed by atoms with Crippen LogP contribution < -0.4 is 0 Å². The molecule has 67 valence electrons. The van der Waals surface area contributed by atoms with E-state index in [0.29, 0.717) is 0 Å². The summed E-state index contributed by atoms with van der Waals surface area (Å²) < 4.78 is 5.21. The summed E-state index contributed by atoms with van der Waals surface area (Å²) in [5.41, 5.74) is 2.14. The molecule has 0 aliphatic carbocycles. The molecule has 0 spiro atoms. The Morgan fingerprint density at radius 1 is 1.25 bits per heavy atom. The normalized spacial score (nSPS) is 18.0. The van der Waals surface area contributed by atoms with E-state index in [1.165, 1.54) is 0 Å². The van der Waals surface area contributed by atoms with Gasteiger partial charge in [-0.25, -0.2) is 0 Å². The van der Waals surface area contributed by atoms with Gasteiger partial charge in [0.25, 0.3) is 0 Å². The van der Waals surface area contributed by atoms with Crippen molar-refractivity contribution >= 4 is 0 Å². The molecule has 0 aromatic carbocycles. The van der Waals surface area contributed by atoms with Crippen LogP contribution in [0.15, 0.2) is 23.1 Å². The highest BCUT2D eigenvalue weighted by Gasteiger charge is 2.15. The van der Waals surface area contributed by atoms with E-state index >= 15 is 0 Å². The zero-order valence-electron chi connectivity index (χ0n) is 7.92. The van der Waals surface area contributed by atoms with Gasteiger partial charge in [-0.05, 0) is 19.4 Å². The van der Waals surface area contributed by atoms with Gasteiger partial charge in [-0.2, -0.15) is 0 Å². The standard InChI is InChI=1S/C9H14NO2/c1-7-5-10(12-4)6-8(2)9(7)11-3/h5-6H,1-4H3. The molecule has 0 unspecified atom stereocenters. The Morgan fingerprint density at radius 2 is 1.92 bits per heavy atom. The fraction of sp³-hybridized carbons (Fsp3) is 0.444. The number of ether oxygens (including phenoxy) is 1. The maximum absolute atomic E-state index is 5.21. The van der Waals surface area contributed by atoms with Crippen LogP contribution in [0, 0.1) is 6.54 Å². The van der Waals surface area contributed by atoms with E-state index < -0.39 is 0 Å². The largest absolute Gasteiger partial charge is 0.496 e. The van der Waals surface area contributed by atoms with Gasteiger partial charge in [0.05, 0.1) is 14.2 Å². The summed E-state index contributed by atoms with van der Waals surface area (Å²) in [7, 11) is 3.30. The summed E-state index contributed by atoms with van der Waals surface area (Å²) in [5.74, 6) is 0.920. The van der Waals surface area contributed by atoms with Crippen LogP contribution in [0.1, 0.15) is 13.8 Å². The van der Waals surface area contributed by atoms with Crippen molar-refractivity contribution in [3.63, 3.8) is 0 Å². The highest BCUT2D eigenvalue weighted by atomic mass is 16.7. The van der Waals surface area contributed by atoms with Crippen molar-refractivity contribution in [1.82, 2.24) is 5.06 Å². The molecule has 1 aliphatic heterocycles. The van der Waals surface area contributed by atoms with E-state index in [9.17, 15) is 0 Å². The molecule has 0 amide bonds. The molecular formula is C9H14NO2. The summed E-state index contributed by atoms with van der Waals surface area (Å²) in [6.07, 6.45) is 1.88. The van der Waals surface area contributed by atoms with Gasteiger partial charge < -0.3 is 4.74 Å². The third-order valence-corrected chi connectivity index (χ3v) is 1.77. The number of nitrogens with zero attached hydrogens (tertiary/aromatic N) is 1. The van der Waals surface area contributed by atoms with Gasteiger partial charge in [0.2, 0.25) is 0 Å². The van der Waals surface area contributed by atoms with Crippen LogP contribution >= 0.6 is 0 Å². The van der Waals surface area contributed by atoms with Crippen molar-refractivity contribution in [2.75, 3.05) is 14.2 Å². The number of rotatable bonds is 2. The zero-order valence-corrected chi connectivity index (χ0v) is 7.92. The van der Waals surface area contributed by atoms with E-state index in [4.69, 9.17) is 9.57 Å². The average molecular weight is 168 g/mol. The number of allylic oxidation sites excluding steroid dienone is 1. The van der Waals surface area contributed by atoms with Crippen LogP contribution in [0.25, 0.3) is 0 Å². The first kappa shape index (κ1) is 9.13. The van der Waals surface area contributed by atoms with Gasteiger partial charge in [-0.15, -0.1) is 0 Å². The van der Waals surface area contributed by atoms with E-state index in [-0.39, 0.29) is 0 Å². The SMILES string of the molecule is COC1=C(C)[CH]N(OC)C=C1C. The van der Waals surface area contributed by atoms with Crippen LogP contribution in [0.5, 0.6) is 0 Å². The molecule has 1 aliphatic rings. The lowest BCUT2D eigenvalue weighted by Gasteiger charge is -2.24. The minimum Gasteiger partial charge on any atom is -0.496 e. The molecule has 0 bridgehead atoms. The first-order chi connectivity index (χ1) is 5.69. The van der Waals surface area contributed by atoms with E-state index in [1.54, 1.807) is 19.3 Å². The summed E-state index contributed by atoms with van der Waals surface area (Å²) in [5, 5.41) is 1.66. The number of hydrogen-bond acceptors (Lipinski definition) is 3. The molecule has 0 fully saturated rings. The van der Waals surface area contributed by atoms with E-state index in [1.807, 2.05) is 26.6 Å². The first-order valence-electron chi connectivity index (χ1n) is 3.80. The smallest absolute Gasteiger partial charge is 0.124 e. The first-order valence-corrected chi connectivity index (χ1v) is 3.80. The van der Waals surface area contributed by atoms with Gasteiger partial charge >= 0.3 is 0 Å². The molecule has 0 saturated heterocycles. The Kier molecular flexibility index (Phi) is 2.76.